The van der Waals surface area contributed by atoms with Crippen molar-refractivity contribution in [2.45, 2.75) is 32.5 Å². The number of aromatic nitrogens is 4. The van der Waals surface area contributed by atoms with Gasteiger partial charge in [0, 0.05) is 50.5 Å². The highest BCUT2D eigenvalue weighted by atomic mass is 32.2. The summed E-state index contributed by atoms with van der Waals surface area (Å²) in [5, 5.41) is 7.23. The van der Waals surface area contributed by atoms with Crippen LogP contribution in [0.25, 0.3) is 0 Å². The van der Waals surface area contributed by atoms with Crippen LogP contribution < -0.4 is 4.72 Å². The molecule has 0 aromatic carbocycles. The predicted octanol–water partition coefficient (Wildman–Crippen LogP) is -0.0723. The van der Waals surface area contributed by atoms with Gasteiger partial charge in [-0.2, -0.15) is 5.10 Å². The van der Waals surface area contributed by atoms with Crippen molar-refractivity contribution in [1.82, 2.24) is 29.4 Å². The summed E-state index contributed by atoms with van der Waals surface area (Å²) in [6, 6.07) is 2.08. The lowest BCUT2D eigenvalue weighted by atomic mass is 10.0. The summed E-state index contributed by atoms with van der Waals surface area (Å²) < 4.78 is 27.5. The molecule has 0 saturated heterocycles. The molecule has 2 aromatic rings. The summed E-state index contributed by atoms with van der Waals surface area (Å²) >= 11 is 0. The van der Waals surface area contributed by atoms with E-state index in [0.29, 0.717) is 19.6 Å². The zero-order valence-electron chi connectivity index (χ0n) is 13.6. The Hall–Kier alpha value is -1.71. The zero-order chi connectivity index (χ0) is 16.6. The van der Waals surface area contributed by atoms with Crippen molar-refractivity contribution in [3.63, 3.8) is 0 Å². The van der Waals surface area contributed by atoms with E-state index in [1.54, 1.807) is 0 Å². The first-order valence-corrected chi connectivity index (χ1v) is 9.39. The van der Waals surface area contributed by atoms with Crippen molar-refractivity contribution >= 4 is 10.0 Å². The highest BCUT2D eigenvalue weighted by molar-refractivity contribution is 7.88. The summed E-state index contributed by atoms with van der Waals surface area (Å²) in [5.74, 6) is 0. The number of H-pyrrole nitrogens is 1. The first-order chi connectivity index (χ1) is 10.8. The van der Waals surface area contributed by atoms with E-state index in [2.05, 4.69) is 24.8 Å². The Balaban J connectivity index is 1.80. The van der Waals surface area contributed by atoms with Crippen molar-refractivity contribution in [2.24, 2.45) is 7.05 Å². The van der Waals surface area contributed by atoms with Crippen LogP contribution in [0.2, 0.25) is 0 Å². The van der Waals surface area contributed by atoms with Gasteiger partial charge >= 0.3 is 0 Å². The predicted molar refractivity (Wildman–Crippen MR) is 86.1 cm³/mol. The summed E-state index contributed by atoms with van der Waals surface area (Å²) in [4.78, 5) is 6.68. The van der Waals surface area contributed by atoms with Crippen LogP contribution in [0.1, 0.15) is 22.8 Å². The van der Waals surface area contributed by atoms with Gasteiger partial charge in [0.2, 0.25) is 10.0 Å². The largest absolute Gasteiger partial charge is 0.337 e. The molecule has 9 heteroatoms. The number of aryl methyl sites for hydroxylation is 2. The number of nitrogens with one attached hydrogen (secondary N) is 2. The number of fused-ring (bicyclic) bond motifs is 1. The van der Waals surface area contributed by atoms with Crippen molar-refractivity contribution in [3.05, 3.63) is 35.2 Å². The van der Waals surface area contributed by atoms with Crippen molar-refractivity contribution < 1.29 is 8.42 Å². The minimum absolute atomic E-state index is 0.0737. The van der Waals surface area contributed by atoms with Gasteiger partial charge in [-0.1, -0.05) is 0 Å². The molecule has 2 aromatic heterocycles. The molecule has 3 heterocycles. The second-order valence-electron chi connectivity index (χ2n) is 6.17. The summed E-state index contributed by atoms with van der Waals surface area (Å²) in [6.45, 7) is 3.70. The van der Waals surface area contributed by atoms with E-state index in [0.717, 1.165) is 23.5 Å². The molecule has 0 bridgehead atoms. The van der Waals surface area contributed by atoms with Crippen molar-refractivity contribution in [2.75, 3.05) is 12.8 Å². The second kappa shape index (κ2) is 6.06. The van der Waals surface area contributed by atoms with E-state index in [1.165, 1.54) is 11.9 Å². The van der Waals surface area contributed by atoms with Crippen LogP contribution in [0, 0.1) is 6.92 Å². The number of hydrogen-bond donors (Lipinski definition) is 2. The summed E-state index contributed by atoms with van der Waals surface area (Å²) in [5.41, 5.74) is 4.18. The maximum Gasteiger partial charge on any atom is 0.208 e. The Kier molecular flexibility index (Phi) is 4.26. The molecule has 1 aliphatic rings. The van der Waals surface area contributed by atoms with Gasteiger partial charge in [0.05, 0.1) is 24.0 Å². The number of sulfonamides is 1. The molecule has 0 aliphatic carbocycles. The molecule has 0 spiro atoms. The number of aromatic amines is 1. The van der Waals surface area contributed by atoms with Gasteiger partial charge in [-0.25, -0.2) is 18.1 Å². The fourth-order valence-electron chi connectivity index (χ4n) is 2.97. The topological polar surface area (TPSA) is 95.9 Å². The molecular weight excluding hydrogens is 316 g/mol. The van der Waals surface area contributed by atoms with Gasteiger partial charge in [0.25, 0.3) is 0 Å². The van der Waals surface area contributed by atoms with Gasteiger partial charge in [0.1, 0.15) is 0 Å². The smallest absolute Gasteiger partial charge is 0.208 e. The van der Waals surface area contributed by atoms with E-state index in [-0.39, 0.29) is 6.04 Å². The maximum absolute atomic E-state index is 11.4. The van der Waals surface area contributed by atoms with Crippen LogP contribution in [0.15, 0.2) is 12.4 Å². The average molecular weight is 338 g/mol. The Morgan fingerprint density at radius 3 is 2.91 bits per heavy atom. The molecule has 1 atom stereocenters. The van der Waals surface area contributed by atoms with E-state index in [9.17, 15) is 8.42 Å². The molecule has 8 nitrogen and oxygen atoms in total. The Morgan fingerprint density at radius 1 is 1.48 bits per heavy atom. The SMILES string of the molecule is Cc1cc(CN2Cc3ncn(C)c3CC2CNS(C)(=O)=O)n[nH]1. The first kappa shape index (κ1) is 16.2. The van der Waals surface area contributed by atoms with Crippen LogP contribution in [0.5, 0.6) is 0 Å². The molecule has 3 rings (SSSR count). The molecule has 0 radical (unpaired) electrons. The summed E-state index contributed by atoms with van der Waals surface area (Å²) in [6.07, 6.45) is 3.76. The van der Waals surface area contributed by atoms with Crippen LogP contribution in [-0.2, 0) is 36.6 Å². The lowest BCUT2D eigenvalue weighted by Gasteiger charge is -2.35. The van der Waals surface area contributed by atoms with Crippen LogP contribution in [-0.4, -0.2) is 51.9 Å². The minimum Gasteiger partial charge on any atom is -0.337 e. The fraction of sp³-hybridized carbons (Fsp3) is 0.571. The van der Waals surface area contributed by atoms with E-state index < -0.39 is 10.0 Å². The van der Waals surface area contributed by atoms with Crippen LogP contribution >= 0.6 is 0 Å². The fourth-order valence-corrected chi connectivity index (χ4v) is 3.46. The van der Waals surface area contributed by atoms with Gasteiger partial charge in [0.15, 0.2) is 0 Å². The van der Waals surface area contributed by atoms with E-state index >= 15 is 0 Å². The maximum atomic E-state index is 11.4. The number of hydrogen-bond acceptors (Lipinski definition) is 5. The third-order valence-electron chi connectivity index (χ3n) is 4.15. The molecule has 2 N–H and O–H groups in total. The average Bonchev–Trinajstić information content (AvgIpc) is 3.02. The third kappa shape index (κ3) is 3.80. The number of imidazole rings is 1. The van der Waals surface area contributed by atoms with Gasteiger partial charge < -0.3 is 4.57 Å². The normalized spacial score (nSPS) is 19.0. The van der Waals surface area contributed by atoms with E-state index in [1.807, 2.05) is 30.9 Å². The van der Waals surface area contributed by atoms with E-state index in [4.69, 9.17) is 0 Å². The lowest BCUT2D eigenvalue weighted by molar-refractivity contribution is 0.157. The third-order valence-corrected chi connectivity index (χ3v) is 4.84. The molecule has 0 amide bonds. The minimum atomic E-state index is -3.21. The zero-order valence-corrected chi connectivity index (χ0v) is 14.4. The highest BCUT2D eigenvalue weighted by Gasteiger charge is 2.29. The Bertz CT molecular complexity index is 794. The van der Waals surface area contributed by atoms with Gasteiger partial charge in [-0.15, -0.1) is 0 Å². The van der Waals surface area contributed by atoms with Crippen molar-refractivity contribution in [3.8, 4) is 0 Å². The molecule has 0 fully saturated rings. The quantitative estimate of drug-likeness (QED) is 0.795. The van der Waals surface area contributed by atoms with Crippen LogP contribution in [0.3, 0.4) is 0 Å². The van der Waals surface area contributed by atoms with Crippen molar-refractivity contribution in [1.29, 1.82) is 0 Å². The molecule has 0 saturated carbocycles. The second-order valence-corrected chi connectivity index (χ2v) is 8.01. The molecule has 23 heavy (non-hydrogen) atoms. The Morgan fingerprint density at radius 2 is 2.26 bits per heavy atom. The standard InChI is InChI=1S/C14H22N6O2S/c1-10-4-11(18-17-10)7-20-8-13-14(19(2)9-15-13)5-12(20)6-16-23(3,21)22/h4,9,12,16H,5-8H2,1-3H3,(H,17,18). The van der Waals surface area contributed by atoms with Gasteiger partial charge in [-0.05, 0) is 13.0 Å². The van der Waals surface area contributed by atoms with Crippen LogP contribution in [0.4, 0.5) is 0 Å². The molecule has 1 unspecified atom stereocenters. The number of rotatable bonds is 5. The first-order valence-electron chi connectivity index (χ1n) is 7.50. The van der Waals surface area contributed by atoms with Gasteiger partial charge in [-0.3, -0.25) is 10.00 Å². The lowest BCUT2D eigenvalue weighted by Crippen LogP contribution is -2.47. The molecular formula is C14H22N6O2S. The summed E-state index contributed by atoms with van der Waals surface area (Å²) in [7, 11) is -1.24. The number of nitrogens with zero attached hydrogens (tertiary/aromatic N) is 4. The molecule has 1 aliphatic heterocycles. The monoisotopic (exact) mass is 338 g/mol. The highest BCUT2D eigenvalue weighted by Crippen LogP contribution is 2.23. The molecule has 126 valence electrons. The Labute approximate surface area is 136 Å².